The Labute approximate surface area is 125 Å². The van der Waals surface area contributed by atoms with Gasteiger partial charge in [0.1, 0.15) is 0 Å². The van der Waals surface area contributed by atoms with Crippen LogP contribution >= 0.6 is 0 Å². The van der Waals surface area contributed by atoms with Crippen LogP contribution in [0.15, 0.2) is 0 Å². The highest BCUT2D eigenvalue weighted by atomic mass is 16.2. The van der Waals surface area contributed by atoms with Crippen molar-refractivity contribution in [2.24, 2.45) is 5.73 Å². The van der Waals surface area contributed by atoms with Gasteiger partial charge in [-0.15, -0.1) is 0 Å². The topological polar surface area (TPSA) is 112 Å². The van der Waals surface area contributed by atoms with Crippen LogP contribution in [0.3, 0.4) is 0 Å². The van der Waals surface area contributed by atoms with Crippen molar-refractivity contribution in [3.63, 3.8) is 0 Å². The van der Waals surface area contributed by atoms with Crippen LogP contribution in [0.4, 0.5) is 4.79 Å². The molecular formula is C13H23N7O. The van der Waals surface area contributed by atoms with E-state index in [1.807, 2.05) is 0 Å². The van der Waals surface area contributed by atoms with Crippen LogP contribution in [0.5, 0.6) is 0 Å². The summed E-state index contributed by atoms with van der Waals surface area (Å²) < 4.78 is 0. The standard InChI is InChI=1S/C13H23N7O/c14-1-5-18(6-2-15)9-10-19(7-3-16)11-12-20-8-4-17-13(20)21/h3-12,16H2,(H,17,21). The Balaban J connectivity index is 2.36. The molecule has 0 aromatic rings. The molecule has 1 aliphatic rings. The van der Waals surface area contributed by atoms with Crippen LogP contribution in [-0.2, 0) is 0 Å². The van der Waals surface area contributed by atoms with Crippen molar-refractivity contribution in [3.05, 3.63) is 0 Å². The van der Waals surface area contributed by atoms with E-state index in [-0.39, 0.29) is 19.1 Å². The summed E-state index contributed by atoms with van der Waals surface area (Å²) in [5, 5.41) is 20.2. The molecular weight excluding hydrogens is 270 g/mol. The van der Waals surface area contributed by atoms with Gasteiger partial charge in [-0.25, -0.2) is 4.79 Å². The molecule has 0 aliphatic carbocycles. The third-order valence-electron chi connectivity index (χ3n) is 3.40. The number of carbonyl (C=O) groups excluding carboxylic acids is 1. The maximum atomic E-state index is 11.5. The largest absolute Gasteiger partial charge is 0.336 e. The molecule has 1 heterocycles. The van der Waals surface area contributed by atoms with Gasteiger partial charge in [-0.2, -0.15) is 10.5 Å². The van der Waals surface area contributed by atoms with Crippen molar-refractivity contribution in [2.45, 2.75) is 0 Å². The zero-order chi connectivity index (χ0) is 15.5. The summed E-state index contributed by atoms with van der Waals surface area (Å²) in [6.07, 6.45) is 0. The summed E-state index contributed by atoms with van der Waals surface area (Å²) >= 11 is 0. The highest BCUT2D eigenvalue weighted by Crippen LogP contribution is 1.98. The van der Waals surface area contributed by atoms with Crippen LogP contribution in [0.2, 0.25) is 0 Å². The molecule has 0 aromatic carbocycles. The average Bonchev–Trinajstić information content (AvgIpc) is 2.87. The normalized spacial score (nSPS) is 14.3. The van der Waals surface area contributed by atoms with E-state index >= 15 is 0 Å². The summed E-state index contributed by atoms with van der Waals surface area (Å²) in [5.41, 5.74) is 5.61. The van der Waals surface area contributed by atoms with E-state index in [9.17, 15) is 4.79 Å². The lowest BCUT2D eigenvalue weighted by Crippen LogP contribution is -2.42. The first-order valence-corrected chi connectivity index (χ1v) is 7.12. The number of nitrogens with one attached hydrogen (secondary N) is 1. The minimum absolute atomic E-state index is 0.0155. The van der Waals surface area contributed by atoms with Crippen molar-refractivity contribution >= 4 is 6.03 Å². The quantitative estimate of drug-likeness (QED) is 0.480. The van der Waals surface area contributed by atoms with Gasteiger partial charge in [0.2, 0.25) is 0 Å². The highest BCUT2D eigenvalue weighted by Gasteiger charge is 2.19. The lowest BCUT2D eigenvalue weighted by atomic mass is 10.4. The van der Waals surface area contributed by atoms with E-state index in [0.717, 1.165) is 26.2 Å². The predicted molar refractivity (Wildman–Crippen MR) is 78.1 cm³/mol. The van der Waals surface area contributed by atoms with E-state index in [1.54, 1.807) is 9.80 Å². The van der Waals surface area contributed by atoms with Crippen LogP contribution in [0, 0.1) is 22.7 Å². The molecule has 0 unspecified atom stereocenters. The molecule has 1 saturated heterocycles. The average molecular weight is 293 g/mol. The van der Waals surface area contributed by atoms with Gasteiger partial charge in [-0.1, -0.05) is 0 Å². The van der Waals surface area contributed by atoms with E-state index in [1.165, 1.54) is 0 Å². The Morgan fingerprint density at radius 3 is 2.33 bits per heavy atom. The molecule has 0 atom stereocenters. The summed E-state index contributed by atoms with van der Waals surface area (Å²) in [6.45, 7) is 6.02. The number of hydrogen-bond acceptors (Lipinski definition) is 6. The van der Waals surface area contributed by atoms with Crippen molar-refractivity contribution in [3.8, 4) is 12.1 Å². The first-order valence-electron chi connectivity index (χ1n) is 7.12. The summed E-state index contributed by atoms with van der Waals surface area (Å²) in [7, 11) is 0. The first-order chi connectivity index (χ1) is 10.2. The molecule has 21 heavy (non-hydrogen) atoms. The number of nitrogens with two attached hydrogens (primary N) is 1. The fraction of sp³-hybridized carbons (Fsp3) is 0.769. The van der Waals surface area contributed by atoms with Crippen molar-refractivity contribution in [2.75, 3.05) is 65.4 Å². The van der Waals surface area contributed by atoms with E-state index in [2.05, 4.69) is 22.4 Å². The molecule has 1 fully saturated rings. The lowest BCUT2D eigenvalue weighted by Gasteiger charge is -2.26. The van der Waals surface area contributed by atoms with Gasteiger partial charge < -0.3 is 16.0 Å². The van der Waals surface area contributed by atoms with Gasteiger partial charge in [-0.05, 0) is 0 Å². The minimum Gasteiger partial charge on any atom is -0.336 e. The number of urea groups is 1. The number of amides is 2. The third-order valence-corrected chi connectivity index (χ3v) is 3.40. The number of nitrogens with zero attached hydrogens (tertiary/aromatic N) is 5. The summed E-state index contributed by atoms with van der Waals surface area (Å²) in [5.74, 6) is 0. The Bertz CT molecular complexity index is 384. The van der Waals surface area contributed by atoms with Crippen LogP contribution in [0.1, 0.15) is 0 Å². The SMILES string of the molecule is N#CCN(CC#N)CCN(CCN)CCN1CCNC1=O. The highest BCUT2D eigenvalue weighted by molar-refractivity contribution is 5.76. The first kappa shape index (κ1) is 17.2. The molecule has 1 aliphatic heterocycles. The van der Waals surface area contributed by atoms with Crippen LogP contribution in [0.25, 0.3) is 0 Å². The van der Waals surface area contributed by atoms with Gasteiger partial charge in [0.25, 0.3) is 0 Å². The van der Waals surface area contributed by atoms with Gasteiger partial charge in [0.15, 0.2) is 0 Å². The maximum Gasteiger partial charge on any atom is 0.317 e. The van der Waals surface area contributed by atoms with E-state index in [0.29, 0.717) is 26.2 Å². The number of hydrogen-bond donors (Lipinski definition) is 2. The van der Waals surface area contributed by atoms with Crippen LogP contribution in [-0.4, -0.2) is 86.2 Å². The molecule has 0 aromatic heterocycles. The minimum atomic E-state index is -0.0155. The van der Waals surface area contributed by atoms with Crippen molar-refractivity contribution in [1.29, 1.82) is 10.5 Å². The molecule has 0 spiro atoms. The fourth-order valence-electron chi connectivity index (χ4n) is 2.20. The summed E-state index contributed by atoms with van der Waals surface area (Å²) in [4.78, 5) is 17.2. The smallest absolute Gasteiger partial charge is 0.317 e. The van der Waals surface area contributed by atoms with Gasteiger partial charge in [0, 0.05) is 52.4 Å². The zero-order valence-electron chi connectivity index (χ0n) is 12.3. The Kier molecular flexibility index (Phi) is 8.14. The molecule has 116 valence electrons. The molecule has 0 radical (unpaired) electrons. The van der Waals surface area contributed by atoms with E-state index < -0.39 is 0 Å². The molecule has 0 saturated carbocycles. The fourth-order valence-corrected chi connectivity index (χ4v) is 2.20. The molecule has 2 amide bonds. The second kappa shape index (κ2) is 9.94. The van der Waals surface area contributed by atoms with Crippen molar-refractivity contribution in [1.82, 2.24) is 20.0 Å². The Morgan fingerprint density at radius 1 is 1.14 bits per heavy atom. The molecule has 8 heteroatoms. The van der Waals surface area contributed by atoms with Crippen LogP contribution < -0.4 is 11.1 Å². The number of rotatable bonds is 10. The maximum absolute atomic E-state index is 11.5. The molecule has 1 rings (SSSR count). The summed E-state index contributed by atoms with van der Waals surface area (Å²) in [6, 6.07) is 4.11. The monoisotopic (exact) mass is 293 g/mol. The second-order valence-electron chi connectivity index (χ2n) is 4.88. The van der Waals surface area contributed by atoms with Crippen molar-refractivity contribution < 1.29 is 4.79 Å². The van der Waals surface area contributed by atoms with E-state index in [4.69, 9.17) is 16.3 Å². The Morgan fingerprint density at radius 2 is 1.81 bits per heavy atom. The third kappa shape index (κ3) is 6.41. The van der Waals surface area contributed by atoms with Gasteiger partial charge >= 0.3 is 6.03 Å². The Hall–Kier alpha value is -1.87. The number of carbonyl (C=O) groups is 1. The molecule has 3 N–H and O–H groups in total. The zero-order valence-corrected chi connectivity index (χ0v) is 12.3. The van der Waals surface area contributed by atoms with Gasteiger partial charge in [0.05, 0.1) is 25.2 Å². The molecule has 0 bridgehead atoms. The number of nitriles is 2. The van der Waals surface area contributed by atoms with Gasteiger partial charge in [-0.3, -0.25) is 9.80 Å². The molecule has 8 nitrogen and oxygen atoms in total. The second-order valence-corrected chi connectivity index (χ2v) is 4.88. The lowest BCUT2D eigenvalue weighted by molar-refractivity contribution is 0.192. The predicted octanol–water partition coefficient (Wildman–Crippen LogP) is -1.38.